The third-order valence-corrected chi connectivity index (χ3v) is 6.60. The van der Waals surface area contributed by atoms with Crippen LogP contribution in [-0.2, 0) is 6.54 Å². The van der Waals surface area contributed by atoms with Crippen LogP contribution in [0.2, 0.25) is 0 Å². The average molecular weight is 474 g/mol. The van der Waals surface area contributed by atoms with Gasteiger partial charge in [0.1, 0.15) is 17.7 Å². The summed E-state index contributed by atoms with van der Waals surface area (Å²) in [6, 6.07) is 14.4. The highest BCUT2D eigenvalue weighted by Gasteiger charge is 2.20. The molecule has 9 heteroatoms. The summed E-state index contributed by atoms with van der Waals surface area (Å²) in [7, 11) is 0. The van der Waals surface area contributed by atoms with Crippen LogP contribution >= 0.6 is 0 Å². The first-order valence-electron chi connectivity index (χ1n) is 11.9. The van der Waals surface area contributed by atoms with E-state index in [9.17, 15) is 9.50 Å². The Labute approximate surface area is 202 Å². The van der Waals surface area contributed by atoms with E-state index in [0.717, 1.165) is 48.8 Å². The normalized spacial score (nSPS) is 18.0. The summed E-state index contributed by atoms with van der Waals surface area (Å²) in [6.07, 6.45) is 6.24. The van der Waals surface area contributed by atoms with Crippen molar-refractivity contribution in [1.82, 2.24) is 19.6 Å². The Balaban J connectivity index is 1.51. The highest BCUT2D eigenvalue weighted by molar-refractivity contribution is 5.81. The van der Waals surface area contributed by atoms with Crippen molar-refractivity contribution in [3.63, 3.8) is 0 Å². The number of nitrogens with one attached hydrogen (secondary N) is 1. The number of hydrogen-bond donors (Lipinski definition) is 3. The summed E-state index contributed by atoms with van der Waals surface area (Å²) in [5, 5.41) is 32.0. The SMILES string of the molecule is N#Cc1ccc(-c2cc(NC[C@@H]3CCC[C@@H](N)C3)nn2-c2ccc3nn(CCO)cc3c2)cc1F. The van der Waals surface area contributed by atoms with E-state index in [2.05, 4.69) is 10.4 Å². The number of halogens is 1. The highest BCUT2D eigenvalue weighted by Crippen LogP contribution is 2.30. The maximum absolute atomic E-state index is 14.5. The van der Waals surface area contributed by atoms with E-state index in [1.807, 2.05) is 36.5 Å². The van der Waals surface area contributed by atoms with Crippen molar-refractivity contribution in [1.29, 1.82) is 5.26 Å². The molecule has 0 radical (unpaired) electrons. The van der Waals surface area contributed by atoms with Gasteiger partial charge in [-0.3, -0.25) is 4.68 Å². The summed E-state index contributed by atoms with van der Waals surface area (Å²) in [6.45, 7) is 1.20. The van der Waals surface area contributed by atoms with Crippen LogP contribution in [0.25, 0.3) is 27.8 Å². The lowest BCUT2D eigenvalue weighted by Crippen LogP contribution is -2.31. The Hall–Kier alpha value is -3.74. The maximum atomic E-state index is 14.5. The van der Waals surface area contributed by atoms with E-state index in [0.29, 0.717) is 29.5 Å². The van der Waals surface area contributed by atoms with E-state index in [1.165, 1.54) is 12.1 Å². The number of aromatic nitrogens is 4. The molecule has 1 fully saturated rings. The molecule has 180 valence electrons. The maximum Gasteiger partial charge on any atom is 0.149 e. The van der Waals surface area contributed by atoms with Crippen LogP contribution in [0.4, 0.5) is 10.2 Å². The van der Waals surface area contributed by atoms with Crippen molar-refractivity contribution < 1.29 is 9.50 Å². The van der Waals surface area contributed by atoms with Crippen molar-refractivity contribution in [2.24, 2.45) is 11.7 Å². The molecule has 0 unspecified atom stereocenters. The lowest BCUT2D eigenvalue weighted by molar-refractivity contribution is 0.270. The summed E-state index contributed by atoms with van der Waals surface area (Å²) in [5.74, 6) is 0.623. The molecule has 0 saturated heterocycles. The molecule has 1 aliphatic rings. The van der Waals surface area contributed by atoms with Gasteiger partial charge in [-0.25, -0.2) is 9.07 Å². The number of anilines is 1. The summed E-state index contributed by atoms with van der Waals surface area (Å²) >= 11 is 0. The lowest BCUT2D eigenvalue weighted by Gasteiger charge is -2.26. The number of nitrogens with zero attached hydrogens (tertiary/aromatic N) is 5. The van der Waals surface area contributed by atoms with Crippen molar-refractivity contribution >= 4 is 16.7 Å². The van der Waals surface area contributed by atoms with E-state index >= 15 is 0 Å². The first-order valence-corrected chi connectivity index (χ1v) is 11.9. The fraction of sp³-hybridized carbons (Fsp3) is 0.346. The number of nitrogens with two attached hydrogens (primary N) is 1. The largest absolute Gasteiger partial charge is 0.394 e. The molecule has 2 aromatic heterocycles. The van der Waals surface area contributed by atoms with Gasteiger partial charge >= 0.3 is 0 Å². The van der Waals surface area contributed by atoms with Crippen molar-refractivity contribution in [2.75, 3.05) is 18.5 Å². The zero-order valence-electron chi connectivity index (χ0n) is 19.4. The average Bonchev–Trinajstić information content (AvgIpc) is 3.46. The van der Waals surface area contributed by atoms with Gasteiger partial charge in [-0.1, -0.05) is 12.5 Å². The minimum Gasteiger partial charge on any atom is -0.394 e. The second-order valence-electron chi connectivity index (χ2n) is 9.17. The number of rotatable bonds is 7. The van der Waals surface area contributed by atoms with Gasteiger partial charge in [0, 0.05) is 35.8 Å². The Morgan fingerprint density at radius 3 is 2.83 bits per heavy atom. The molecule has 4 aromatic rings. The van der Waals surface area contributed by atoms with Crippen molar-refractivity contribution in [2.45, 2.75) is 38.3 Å². The van der Waals surface area contributed by atoms with Gasteiger partial charge in [-0.15, -0.1) is 5.10 Å². The van der Waals surface area contributed by atoms with Crippen LogP contribution in [0.5, 0.6) is 0 Å². The quantitative estimate of drug-likeness (QED) is 0.376. The molecule has 1 saturated carbocycles. The fourth-order valence-corrected chi connectivity index (χ4v) is 4.81. The molecule has 0 amide bonds. The molecular weight excluding hydrogens is 445 g/mol. The molecule has 1 aliphatic carbocycles. The monoisotopic (exact) mass is 473 g/mol. The van der Waals surface area contributed by atoms with E-state index in [-0.39, 0.29) is 18.2 Å². The van der Waals surface area contributed by atoms with Gasteiger partial charge in [-0.05, 0) is 55.5 Å². The molecule has 2 heterocycles. The topological polar surface area (TPSA) is 118 Å². The van der Waals surface area contributed by atoms with E-state index in [1.54, 1.807) is 15.4 Å². The number of hydrogen-bond acceptors (Lipinski definition) is 6. The van der Waals surface area contributed by atoms with Crippen molar-refractivity contribution in [3.8, 4) is 23.0 Å². The van der Waals surface area contributed by atoms with Gasteiger partial charge < -0.3 is 16.2 Å². The standard InChI is InChI=1S/C26H28FN7O/c27-23-12-18(4-5-19(23)14-28)25-13-26(30-15-17-2-1-3-21(29)10-17)32-34(25)22-6-7-24-20(11-22)16-33(31-24)8-9-35/h4-7,11-13,16-17,21,35H,1-3,8-10,15,29H2,(H,30,32)/t17-,21-/m1/s1. The second kappa shape index (κ2) is 9.86. The van der Waals surface area contributed by atoms with Gasteiger partial charge in [0.05, 0.1) is 35.6 Å². The van der Waals surface area contributed by atoms with Crippen LogP contribution in [-0.4, -0.2) is 43.9 Å². The molecule has 2 atom stereocenters. The Morgan fingerprint density at radius 2 is 2.06 bits per heavy atom. The molecule has 0 aliphatic heterocycles. The number of benzene rings is 2. The highest BCUT2D eigenvalue weighted by atomic mass is 19.1. The molecule has 35 heavy (non-hydrogen) atoms. The third kappa shape index (κ3) is 4.90. The minimum atomic E-state index is -0.566. The zero-order valence-corrected chi connectivity index (χ0v) is 19.4. The Bertz CT molecular complexity index is 1390. The molecule has 0 spiro atoms. The molecule has 2 aromatic carbocycles. The van der Waals surface area contributed by atoms with Crippen LogP contribution in [0.3, 0.4) is 0 Å². The Morgan fingerprint density at radius 1 is 1.17 bits per heavy atom. The minimum absolute atomic E-state index is 0.00418. The lowest BCUT2D eigenvalue weighted by atomic mass is 9.86. The summed E-state index contributed by atoms with van der Waals surface area (Å²) in [5.41, 5.74) is 9.10. The van der Waals surface area contributed by atoms with Gasteiger partial charge in [0.15, 0.2) is 0 Å². The number of aliphatic hydroxyl groups is 1. The first kappa shape index (κ1) is 23.0. The van der Waals surface area contributed by atoms with Gasteiger partial charge in [0.2, 0.25) is 0 Å². The molecular formula is C26H28FN7O. The third-order valence-electron chi connectivity index (χ3n) is 6.60. The van der Waals surface area contributed by atoms with Crippen LogP contribution in [0, 0.1) is 23.1 Å². The first-order chi connectivity index (χ1) is 17.0. The molecule has 5 rings (SSSR count). The summed E-state index contributed by atoms with van der Waals surface area (Å²) in [4.78, 5) is 0. The molecule has 4 N–H and O–H groups in total. The smallest absolute Gasteiger partial charge is 0.149 e. The molecule has 8 nitrogen and oxygen atoms in total. The molecule has 0 bridgehead atoms. The van der Waals surface area contributed by atoms with Crippen LogP contribution in [0.15, 0.2) is 48.7 Å². The fourth-order valence-electron chi connectivity index (χ4n) is 4.81. The van der Waals surface area contributed by atoms with Crippen molar-refractivity contribution in [3.05, 3.63) is 60.0 Å². The van der Waals surface area contributed by atoms with E-state index < -0.39 is 5.82 Å². The Kier molecular flexibility index (Phi) is 6.49. The van der Waals surface area contributed by atoms with E-state index in [4.69, 9.17) is 16.1 Å². The predicted molar refractivity (Wildman–Crippen MR) is 132 cm³/mol. The number of aliphatic hydroxyl groups excluding tert-OH is 1. The van der Waals surface area contributed by atoms with Gasteiger partial charge in [0.25, 0.3) is 0 Å². The second-order valence-corrected chi connectivity index (χ2v) is 9.17. The van der Waals surface area contributed by atoms with Crippen LogP contribution < -0.4 is 11.1 Å². The number of fused-ring (bicyclic) bond motifs is 1. The predicted octanol–water partition coefficient (Wildman–Crippen LogP) is 3.82. The number of nitriles is 1. The van der Waals surface area contributed by atoms with Gasteiger partial charge in [-0.2, -0.15) is 10.4 Å². The van der Waals surface area contributed by atoms with Crippen LogP contribution in [0.1, 0.15) is 31.2 Å². The summed E-state index contributed by atoms with van der Waals surface area (Å²) < 4.78 is 18.0. The zero-order chi connectivity index (χ0) is 24.4.